The van der Waals surface area contributed by atoms with Crippen molar-refractivity contribution in [2.75, 3.05) is 11.9 Å². The van der Waals surface area contributed by atoms with Crippen LogP contribution in [0.3, 0.4) is 0 Å². The number of ether oxygens (including phenoxy) is 1. The Kier molecular flexibility index (Phi) is 6.54. The standard InChI is InChI=1S/C15H17N3O3S2/c1-3-11(13(20)21-4-2)22-15-18-17-14(23-15)16-12(19)10-8-6-5-7-9-10/h5-9,11H,3-4H2,1-2H3,(H,16,17,19)/t11-/m1/s1. The van der Waals surface area contributed by atoms with Gasteiger partial charge < -0.3 is 4.74 Å². The van der Waals surface area contributed by atoms with Gasteiger partial charge in [-0.25, -0.2) is 0 Å². The Bertz CT molecular complexity index is 661. The Labute approximate surface area is 142 Å². The van der Waals surface area contributed by atoms with Crippen molar-refractivity contribution in [3.63, 3.8) is 0 Å². The Morgan fingerprint density at radius 1 is 1.26 bits per heavy atom. The number of amides is 1. The van der Waals surface area contributed by atoms with E-state index in [9.17, 15) is 9.59 Å². The number of carbonyl (C=O) groups is 2. The van der Waals surface area contributed by atoms with Crippen LogP contribution in [-0.4, -0.2) is 33.9 Å². The van der Waals surface area contributed by atoms with Gasteiger partial charge in [-0.05, 0) is 25.5 Å². The van der Waals surface area contributed by atoms with Crippen LogP contribution in [0.1, 0.15) is 30.6 Å². The molecule has 0 aliphatic carbocycles. The number of nitrogens with one attached hydrogen (secondary N) is 1. The zero-order valence-corrected chi connectivity index (χ0v) is 14.4. The molecule has 0 radical (unpaired) electrons. The highest BCUT2D eigenvalue weighted by Crippen LogP contribution is 2.31. The summed E-state index contributed by atoms with van der Waals surface area (Å²) in [5.74, 6) is -0.499. The normalized spacial score (nSPS) is 11.7. The molecule has 2 aromatic rings. The van der Waals surface area contributed by atoms with Crippen LogP contribution < -0.4 is 5.32 Å². The van der Waals surface area contributed by atoms with Crippen LogP contribution in [0.15, 0.2) is 34.7 Å². The van der Waals surface area contributed by atoms with Gasteiger partial charge in [-0.2, -0.15) is 0 Å². The van der Waals surface area contributed by atoms with E-state index in [4.69, 9.17) is 4.74 Å². The van der Waals surface area contributed by atoms with Gasteiger partial charge in [-0.3, -0.25) is 14.9 Å². The number of carbonyl (C=O) groups excluding carboxylic acids is 2. The van der Waals surface area contributed by atoms with Gasteiger partial charge >= 0.3 is 5.97 Å². The molecule has 0 aliphatic heterocycles. The molecule has 2 rings (SSSR count). The molecule has 1 atom stereocenters. The highest BCUT2D eigenvalue weighted by atomic mass is 32.2. The molecular formula is C15H17N3O3S2. The molecule has 1 amide bonds. The molecule has 0 saturated carbocycles. The van der Waals surface area contributed by atoms with Crippen LogP contribution in [0.4, 0.5) is 5.13 Å². The lowest BCUT2D eigenvalue weighted by Crippen LogP contribution is -2.19. The van der Waals surface area contributed by atoms with E-state index in [0.29, 0.717) is 28.1 Å². The molecule has 0 aliphatic rings. The molecular weight excluding hydrogens is 334 g/mol. The number of thioether (sulfide) groups is 1. The first-order valence-electron chi connectivity index (χ1n) is 7.17. The maximum absolute atomic E-state index is 12.0. The van der Waals surface area contributed by atoms with Crippen molar-refractivity contribution in [2.24, 2.45) is 0 Å². The Morgan fingerprint density at radius 3 is 2.65 bits per heavy atom. The summed E-state index contributed by atoms with van der Waals surface area (Å²) in [6.45, 7) is 4.04. The van der Waals surface area contributed by atoms with E-state index in [1.165, 1.54) is 23.1 Å². The first-order valence-corrected chi connectivity index (χ1v) is 8.86. The van der Waals surface area contributed by atoms with E-state index in [1.54, 1.807) is 31.2 Å². The van der Waals surface area contributed by atoms with E-state index >= 15 is 0 Å². The fourth-order valence-corrected chi connectivity index (χ4v) is 3.63. The molecule has 0 fully saturated rings. The van der Waals surface area contributed by atoms with Gasteiger partial charge in [0.05, 0.1) is 6.61 Å². The topological polar surface area (TPSA) is 81.2 Å². The lowest BCUT2D eigenvalue weighted by atomic mass is 10.2. The molecule has 0 saturated heterocycles. The molecule has 8 heteroatoms. The van der Waals surface area contributed by atoms with Crippen LogP contribution in [-0.2, 0) is 9.53 Å². The fourth-order valence-electron chi connectivity index (χ4n) is 1.72. The minimum atomic E-state index is -0.319. The summed E-state index contributed by atoms with van der Waals surface area (Å²) in [5.41, 5.74) is 0.551. The van der Waals surface area contributed by atoms with Crippen molar-refractivity contribution in [2.45, 2.75) is 29.9 Å². The maximum Gasteiger partial charge on any atom is 0.319 e. The first kappa shape index (κ1) is 17.4. The summed E-state index contributed by atoms with van der Waals surface area (Å²) in [6, 6.07) is 8.87. The second kappa shape index (κ2) is 8.64. The zero-order chi connectivity index (χ0) is 16.7. The van der Waals surface area contributed by atoms with Crippen LogP contribution in [0.25, 0.3) is 0 Å². The van der Waals surface area contributed by atoms with E-state index in [2.05, 4.69) is 15.5 Å². The Balaban J connectivity index is 1.97. The minimum Gasteiger partial charge on any atom is -0.465 e. The smallest absolute Gasteiger partial charge is 0.319 e. The molecule has 122 valence electrons. The molecule has 1 aromatic carbocycles. The molecule has 0 bridgehead atoms. The van der Waals surface area contributed by atoms with Gasteiger partial charge in [-0.15, -0.1) is 10.2 Å². The van der Waals surface area contributed by atoms with E-state index in [0.717, 1.165) is 0 Å². The number of nitrogens with zero attached hydrogens (tertiary/aromatic N) is 2. The second-order valence-electron chi connectivity index (χ2n) is 4.46. The molecule has 1 aromatic heterocycles. The quantitative estimate of drug-likeness (QED) is 0.469. The minimum absolute atomic E-state index is 0.240. The molecule has 1 heterocycles. The average molecular weight is 351 g/mol. The monoisotopic (exact) mass is 351 g/mol. The highest BCUT2D eigenvalue weighted by molar-refractivity contribution is 8.02. The Morgan fingerprint density at radius 2 is 2.00 bits per heavy atom. The van der Waals surface area contributed by atoms with E-state index in [1.807, 2.05) is 13.0 Å². The zero-order valence-electron chi connectivity index (χ0n) is 12.8. The third kappa shape index (κ3) is 5.04. The number of hydrogen-bond acceptors (Lipinski definition) is 7. The SMILES string of the molecule is CCOC(=O)[C@@H](CC)Sc1nnc(NC(=O)c2ccccc2)s1. The largest absolute Gasteiger partial charge is 0.465 e. The molecule has 6 nitrogen and oxygen atoms in total. The van der Waals surface area contributed by atoms with Gasteiger partial charge in [0.1, 0.15) is 5.25 Å². The van der Waals surface area contributed by atoms with Crippen molar-refractivity contribution >= 4 is 40.1 Å². The molecule has 23 heavy (non-hydrogen) atoms. The van der Waals surface area contributed by atoms with Gasteiger partial charge in [0.25, 0.3) is 5.91 Å². The van der Waals surface area contributed by atoms with Crippen molar-refractivity contribution in [1.29, 1.82) is 0 Å². The number of hydrogen-bond donors (Lipinski definition) is 1. The lowest BCUT2D eigenvalue weighted by molar-refractivity contribution is -0.142. The van der Waals surface area contributed by atoms with Gasteiger partial charge in [0.2, 0.25) is 5.13 Å². The predicted molar refractivity (Wildman–Crippen MR) is 90.9 cm³/mol. The fraction of sp³-hybridized carbons (Fsp3) is 0.333. The number of anilines is 1. The van der Waals surface area contributed by atoms with Crippen LogP contribution in [0.2, 0.25) is 0 Å². The number of benzene rings is 1. The van der Waals surface area contributed by atoms with Crippen molar-refractivity contribution in [1.82, 2.24) is 10.2 Å². The third-order valence-electron chi connectivity index (χ3n) is 2.83. The predicted octanol–water partition coefficient (Wildman–Crippen LogP) is 3.22. The van der Waals surface area contributed by atoms with Gasteiger partial charge in [0.15, 0.2) is 4.34 Å². The third-order valence-corrected chi connectivity index (χ3v) is 5.09. The average Bonchev–Trinajstić information content (AvgIpc) is 3.00. The van der Waals surface area contributed by atoms with Crippen molar-refractivity contribution < 1.29 is 14.3 Å². The van der Waals surface area contributed by atoms with E-state index < -0.39 is 0 Å². The van der Waals surface area contributed by atoms with Gasteiger partial charge in [0, 0.05) is 5.56 Å². The van der Waals surface area contributed by atoms with Crippen molar-refractivity contribution in [3.8, 4) is 0 Å². The molecule has 1 N–H and O–H groups in total. The summed E-state index contributed by atoms with van der Waals surface area (Å²) in [7, 11) is 0. The van der Waals surface area contributed by atoms with Crippen LogP contribution in [0.5, 0.6) is 0 Å². The lowest BCUT2D eigenvalue weighted by Gasteiger charge is -2.10. The second-order valence-corrected chi connectivity index (χ2v) is 6.89. The molecule has 0 unspecified atom stereocenters. The van der Waals surface area contributed by atoms with E-state index in [-0.39, 0.29) is 17.1 Å². The van der Waals surface area contributed by atoms with Gasteiger partial charge in [-0.1, -0.05) is 48.2 Å². The number of aromatic nitrogens is 2. The summed E-state index contributed by atoms with van der Waals surface area (Å²) in [4.78, 5) is 23.8. The summed E-state index contributed by atoms with van der Waals surface area (Å²) < 4.78 is 5.64. The first-order chi connectivity index (χ1) is 11.1. The van der Waals surface area contributed by atoms with Crippen LogP contribution in [0, 0.1) is 0 Å². The van der Waals surface area contributed by atoms with Crippen LogP contribution >= 0.6 is 23.1 Å². The summed E-state index contributed by atoms with van der Waals surface area (Å²) >= 11 is 2.54. The van der Waals surface area contributed by atoms with Crippen molar-refractivity contribution in [3.05, 3.63) is 35.9 Å². The maximum atomic E-state index is 12.0. The number of esters is 1. The highest BCUT2D eigenvalue weighted by Gasteiger charge is 2.21. The summed E-state index contributed by atoms with van der Waals surface area (Å²) in [6.07, 6.45) is 0.634. The molecule has 0 spiro atoms. The Hall–Kier alpha value is -1.93. The number of rotatable bonds is 7. The summed E-state index contributed by atoms with van der Waals surface area (Å²) in [5, 5.41) is 10.7.